The maximum atomic E-state index is 12.6. The molecule has 0 saturated carbocycles. The molecule has 0 aromatic carbocycles. The number of rotatable bonds is 3. The number of anilines is 1. The van der Waals surface area contributed by atoms with Crippen molar-refractivity contribution in [2.75, 3.05) is 50.8 Å². The van der Waals surface area contributed by atoms with Crippen LogP contribution in [0.3, 0.4) is 0 Å². The standard InChI is InChI=1S/C17H25N5O3/c1-2-25-17(24)22-12-10-21(11-13-22)16(23)14-6-7-15(19-18-14)20-8-4-3-5-9-20/h6-7H,2-5,8-13H2,1H3. The van der Waals surface area contributed by atoms with Crippen LogP contribution in [-0.2, 0) is 4.74 Å². The summed E-state index contributed by atoms with van der Waals surface area (Å²) in [5.74, 6) is 0.699. The number of ether oxygens (including phenoxy) is 1. The summed E-state index contributed by atoms with van der Waals surface area (Å²) in [6.45, 7) is 6.05. The Morgan fingerprint density at radius 3 is 2.24 bits per heavy atom. The van der Waals surface area contributed by atoms with Crippen molar-refractivity contribution in [1.82, 2.24) is 20.0 Å². The second-order valence-electron chi connectivity index (χ2n) is 6.30. The molecule has 2 amide bonds. The first-order chi connectivity index (χ1) is 12.2. The summed E-state index contributed by atoms with van der Waals surface area (Å²) in [5.41, 5.74) is 0.352. The summed E-state index contributed by atoms with van der Waals surface area (Å²) in [4.78, 5) is 29.8. The molecule has 0 aliphatic carbocycles. The van der Waals surface area contributed by atoms with Crippen LogP contribution in [0.5, 0.6) is 0 Å². The quantitative estimate of drug-likeness (QED) is 0.822. The van der Waals surface area contributed by atoms with Gasteiger partial charge in [-0.3, -0.25) is 4.79 Å². The van der Waals surface area contributed by atoms with Crippen LogP contribution in [0.2, 0.25) is 0 Å². The van der Waals surface area contributed by atoms with Gasteiger partial charge in [-0.15, -0.1) is 10.2 Å². The Bertz CT molecular complexity index is 593. The maximum Gasteiger partial charge on any atom is 0.409 e. The third-order valence-electron chi connectivity index (χ3n) is 4.64. The molecule has 8 nitrogen and oxygen atoms in total. The molecule has 1 aromatic heterocycles. The van der Waals surface area contributed by atoms with Crippen LogP contribution in [0.4, 0.5) is 10.6 Å². The van der Waals surface area contributed by atoms with E-state index in [0.29, 0.717) is 38.5 Å². The summed E-state index contributed by atoms with van der Waals surface area (Å²) in [6, 6.07) is 3.62. The van der Waals surface area contributed by atoms with Gasteiger partial charge in [-0.1, -0.05) is 0 Å². The molecular formula is C17H25N5O3. The van der Waals surface area contributed by atoms with Gasteiger partial charge in [-0.05, 0) is 38.3 Å². The Hall–Kier alpha value is -2.38. The van der Waals surface area contributed by atoms with Crippen LogP contribution >= 0.6 is 0 Å². The smallest absolute Gasteiger partial charge is 0.409 e. The summed E-state index contributed by atoms with van der Waals surface area (Å²) in [7, 11) is 0. The van der Waals surface area contributed by atoms with E-state index in [1.165, 1.54) is 19.3 Å². The Labute approximate surface area is 147 Å². The lowest BCUT2D eigenvalue weighted by Gasteiger charge is -2.33. The zero-order valence-electron chi connectivity index (χ0n) is 14.7. The summed E-state index contributed by atoms with van der Waals surface area (Å²) in [6.07, 6.45) is 3.29. The first kappa shape index (κ1) is 17.4. The third kappa shape index (κ3) is 4.18. The van der Waals surface area contributed by atoms with Crippen LogP contribution in [-0.4, -0.2) is 77.9 Å². The number of nitrogens with zero attached hydrogens (tertiary/aromatic N) is 5. The highest BCUT2D eigenvalue weighted by Gasteiger charge is 2.26. The summed E-state index contributed by atoms with van der Waals surface area (Å²) < 4.78 is 4.99. The maximum absolute atomic E-state index is 12.6. The van der Waals surface area contributed by atoms with Crippen molar-refractivity contribution in [2.24, 2.45) is 0 Å². The highest BCUT2D eigenvalue weighted by atomic mass is 16.6. The van der Waals surface area contributed by atoms with Crippen molar-refractivity contribution >= 4 is 17.8 Å². The van der Waals surface area contributed by atoms with Gasteiger partial charge in [-0.2, -0.15) is 0 Å². The van der Waals surface area contributed by atoms with Gasteiger partial charge in [0.05, 0.1) is 6.61 Å². The Morgan fingerprint density at radius 1 is 0.960 bits per heavy atom. The van der Waals surface area contributed by atoms with E-state index in [0.717, 1.165) is 18.9 Å². The van der Waals surface area contributed by atoms with E-state index >= 15 is 0 Å². The first-order valence-electron chi connectivity index (χ1n) is 8.98. The van der Waals surface area contributed by atoms with Crippen LogP contribution in [0.15, 0.2) is 12.1 Å². The van der Waals surface area contributed by atoms with Crippen LogP contribution in [0.25, 0.3) is 0 Å². The summed E-state index contributed by atoms with van der Waals surface area (Å²) in [5, 5.41) is 8.35. The lowest BCUT2D eigenvalue weighted by Crippen LogP contribution is -2.50. The van der Waals surface area contributed by atoms with E-state index in [4.69, 9.17) is 4.74 Å². The van der Waals surface area contributed by atoms with Crippen molar-refractivity contribution in [1.29, 1.82) is 0 Å². The van der Waals surface area contributed by atoms with Gasteiger partial charge in [0.2, 0.25) is 0 Å². The van der Waals surface area contributed by atoms with Gasteiger partial charge >= 0.3 is 6.09 Å². The number of piperazine rings is 1. The molecule has 0 N–H and O–H groups in total. The van der Waals surface area contributed by atoms with Crippen molar-refractivity contribution in [3.05, 3.63) is 17.8 Å². The molecule has 2 aliphatic rings. The zero-order chi connectivity index (χ0) is 17.6. The highest BCUT2D eigenvalue weighted by molar-refractivity contribution is 5.92. The number of amides is 2. The summed E-state index contributed by atoms with van der Waals surface area (Å²) >= 11 is 0. The minimum atomic E-state index is -0.319. The number of aromatic nitrogens is 2. The molecule has 0 unspecified atom stereocenters. The van der Waals surface area contributed by atoms with E-state index in [1.54, 1.807) is 22.8 Å². The van der Waals surface area contributed by atoms with E-state index in [2.05, 4.69) is 15.1 Å². The van der Waals surface area contributed by atoms with Crippen LogP contribution in [0, 0.1) is 0 Å². The van der Waals surface area contributed by atoms with Crippen molar-refractivity contribution in [3.63, 3.8) is 0 Å². The number of hydrogen-bond donors (Lipinski definition) is 0. The molecule has 2 aliphatic heterocycles. The average molecular weight is 347 g/mol. The van der Waals surface area contributed by atoms with E-state index in [-0.39, 0.29) is 12.0 Å². The van der Waals surface area contributed by atoms with Gasteiger partial charge in [0.25, 0.3) is 5.91 Å². The van der Waals surface area contributed by atoms with E-state index in [9.17, 15) is 9.59 Å². The van der Waals surface area contributed by atoms with Crippen molar-refractivity contribution < 1.29 is 14.3 Å². The molecule has 8 heteroatoms. The predicted molar refractivity (Wildman–Crippen MR) is 92.6 cm³/mol. The van der Waals surface area contributed by atoms with E-state index in [1.807, 2.05) is 6.07 Å². The highest BCUT2D eigenvalue weighted by Crippen LogP contribution is 2.17. The van der Waals surface area contributed by atoms with Crippen molar-refractivity contribution in [2.45, 2.75) is 26.2 Å². The minimum Gasteiger partial charge on any atom is -0.450 e. The van der Waals surface area contributed by atoms with E-state index < -0.39 is 0 Å². The first-order valence-corrected chi connectivity index (χ1v) is 8.98. The molecule has 0 atom stereocenters. The largest absolute Gasteiger partial charge is 0.450 e. The molecule has 136 valence electrons. The van der Waals surface area contributed by atoms with Crippen molar-refractivity contribution in [3.8, 4) is 0 Å². The topological polar surface area (TPSA) is 78.9 Å². The van der Waals surface area contributed by atoms with Crippen LogP contribution in [0.1, 0.15) is 36.7 Å². The Balaban J connectivity index is 1.55. The fourth-order valence-electron chi connectivity index (χ4n) is 3.20. The monoisotopic (exact) mass is 347 g/mol. The average Bonchev–Trinajstić information content (AvgIpc) is 2.68. The Morgan fingerprint density at radius 2 is 1.64 bits per heavy atom. The molecule has 0 bridgehead atoms. The molecular weight excluding hydrogens is 322 g/mol. The number of hydrogen-bond acceptors (Lipinski definition) is 6. The number of piperidine rings is 1. The molecule has 0 radical (unpaired) electrons. The predicted octanol–water partition coefficient (Wildman–Crippen LogP) is 1.38. The fraction of sp³-hybridized carbons (Fsp3) is 0.647. The molecule has 25 heavy (non-hydrogen) atoms. The molecule has 3 heterocycles. The lowest BCUT2D eigenvalue weighted by molar-refractivity contribution is 0.0565. The fourth-order valence-corrected chi connectivity index (χ4v) is 3.20. The normalized spacial score (nSPS) is 18.2. The van der Waals surface area contributed by atoms with Gasteiger partial charge in [0, 0.05) is 39.3 Å². The molecule has 1 aromatic rings. The van der Waals surface area contributed by atoms with Gasteiger partial charge < -0.3 is 19.4 Å². The van der Waals surface area contributed by atoms with Gasteiger partial charge in [0.15, 0.2) is 11.5 Å². The molecule has 2 saturated heterocycles. The van der Waals surface area contributed by atoms with Gasteiger partial charge in [0.1, 0.15) is 0 Å². The van der Waals surface area contributed by atoms with Gasteiger partial charge in [-0.25, -0.2) is 4.79 Å². The zero-order valence-corrected chi connectivity index (χ0v) is 14.7. The van der Waals surface area contributed by atoms with Crippen LogP contribution < -0.4 is 4.90 Å². The molecule has 3 rings (SSSR count). The molecule has 2 fully saturated rings. The molecule has 0 spiro atoms. The lowest BCUT2D eigenvalue weighted by atomic mass is 10.1. The minimum absolute atomic E-state index is 0.138. The number of carbonyl (C=O) groups is 2. The second-order valence-corrected chi connectivity index (χ2v) is 6.30. The Kier molecular flexibility index (Phi) is 5.67. The SMILES string of the molecule is CCOC(=O)N1CCN(C(=O)c2ccc(N3CCCCC3)nn2)CC1. The number of carbonyl (C=O) groups excluding carboxylic acids is 2. The second kappa shape index (κ2) is 8.13. The third-order valence-corrected chi connectivity index (χ3v) is 4.64.